The van der Waals surface area contributed by atoms with Crippen LogP contribution in [0.4, 0.5) is 10.3 Å². The van der Waals surface area contributed by atoms with E-state index < -0.39 is 29.2 Å². The predicted octanol–water partition coefficient (Wildman–Crippen LogP) is -0.964. The highest BCUT2D eigenvalue weighted by molar-refractivity contribution is 8.00. The first-order valence-electron chi connectivity index (χ1n) is 11.3. The average Bonchev–Trinajstić information content (AvgIpc) is 3.50. The fraction of sp³-hybridized carbons (Fsp3) is 0.273. The number of oxime groups is 1. The Hall–Kier alpha value is -4.09. The van der Waals surface area contributed by atoms with Gasteiger partial charge in [0.2, 0.25) is 5.91 Å². The molecule has 5 heterocycles. The number of hydrogen-bond donors (Lipinski definition) is 3. The van der Waals surface area contributed by atoms with Crippen molar-refractivity contribution in [1.29, 1.82) is 0 Å². The van der Waals surface area contributed by atoms with E-state index in [4.69, 9.17) is 10.6 Å². The lowest BCUT2D eigenvalue weighted by molar-refractivity contribution is -0.661. The van der Waals surface area contributed by atoms with Gasteiger partial charge in [-0.3, -0.25) is 19.3 Å². The number of carbonyl (C=O) groups excluding carboxylic acids is 4. The summed E-state index contributed by atoms with van der Waals surface area (Å²) in [4.78, 5) is 64.7. The maximum absolute atomic E-state index is 13.1. The highest BCUT2D eigenvalue weighted by Gasteiger charge is 2.53. The highest BCUT2D eigenvalue weighted by Crippen LogP contribution is 2.40. The van der Waals surface area contributed by atoms with E-state index in [1.165, 1.54) is 42.5 Å². The molecule has 3 aromatic rings. The van der Waals surface area contributed by atoms with Crippen molar-refractivity contribution in [3.63, 3.8) is 0 Å². The van der Waals surface area contributed by atoms with Crippen molar-refractivity contribution in [2.75, 3.05) is 23.9 Å². The summed E-state index contributed by atoms with van der Waals surface area (Å²) in [7, 11) is 1.26. The minimum absolute atomic E-state index is 0.152. The van der Waals surface area contributed by atoms with Crippen molar-refractivity contribution in [3.05, 3.63) is 40.7 Å². The standard InChI is InChI=1S/C22H20N8O6S3/c1-9(31)24-22-26-11-4-3-5-29(18(11)39-22)6-10-7-37-19-14(17(33)30(19)15(10)20(34)35)27-16(32)13(28-36-2)12-8-38-21(23)25-12/h3-5,8,14,19H,6-7H2,1-2H3,(H4-,23,24,25,26,27,31,32,34,35)/t14?,19-/m0/s1. The number of β-lactam (4-membered cyclic amide) rings is 1. The summed E-state index contributed by atoms with van der Waals surface area (Å²) in [5.41, 5.74) is 6.52. The molecule has 0 aromatic carbocycles. The first-order chi connectivity index (χ1) is 18.7. The highest BCUT2D eigenvalue weighted by atomic mass is 32.2. The number of pyridine rings is 1. The number of thioether (sulfide) groups is 1. The van der Waals surface area contributed by atoms with Gasteiger partial charge in [0.25, 0.3) is 16.6 Å². The number of rotatable bonds is 8. The van der Waals surface area contributed by atoms with Crippen molar-refractivity contribution in [1.82, 2.24) is 20.2 Å². The molecular formula is C22H20N8O6S3. The van der Waals surface area contributed by atoms with E-state index in [1.54, 1.807) is 22.9 Å². The lowest BCUT2D eigenvalue weighted by atomic mass is 10.0. The number of nitrogen functional groups attached to an aromatic ring is 1. The third-order valence-electron chi connectivity index (χ3n) is 5.75. The van der Waals surface area contributed by atoms with Crippen LogP contribution < -0.4 is 26.0 Å². The molecule has 1 saturated heterocycles. The molecular weight excluding hydrogens is 568 g/mol. The Labute approximate surface area is 232 Å². The Balaban J connectivity index is 1.38. The Morgan fingerprint density at radius 1 is 1.36 bits per heavy atom. The third kappa shape index (κ3) is 5.02. The van der Waals surface area contributed by atoms with Gasteiger partial charge in [-0.2, -0.15) is 4.57 Å². The minimum atomic E-state index is -1.50. The van der Waals surface area contributed by atoms with Crippen LogP contribution in [-0.4, -0.2) is 68.5 Å². The molecule has 202 valence electrons. The normalized spacial score (nSPS) is 19.0. The Kier molecular flexibility index (Phi) is 7.19. The SMILES string of the molecule is CON=C(C(=O)NC1C(=O)N2C(C(=O)[O-])=C(C[n+]3cccc4nc(NC(C)=O)sc43)CS[C@@H]12)c1csc(N)n1. The smallest absolute Gasteiger partial charge is 0.291 e. The maximum atomic E-state index is 13.1. The molecule has 39 heavy (non-hydrogen) atoms. The molecule has 0 spiro atoms. The number of hydrogen-bond acceptors (Lipinski definition) is 13. The second-order valence-corrected chi connectivity index (χ2v) is 11.3. The van der Waals surface area contributed by atoms with Crippen LogP contribution in [-0.2, 0) is 30.6 Å². The number of amides is 3. The molecule has 0 bridgehead atoms. The summed E-state index contributed by atoms with van der Waals surface area (Å²) in [6.07, 6.45) is 1.76. The van der Waals surface area contributed by atoms with E-state index in [-0.39, 0.29) is 40.4 Å². The Morgan fingerprint density at radius 2 is 2.15 bits per heavy atom. The van der Waals surface area contributed by atoms with Gasteiger partial charge in [-0.25, -0.2) is 9.97 Å². The number of carbonyl (C=O) groups is 4. The van der Waals surface area contributed by atoms with E-state index in [9.17, 15) is 24.3 Å². The molecule has 0 radical (unpaired) electrons. The van der Waals surface area contributed by atoms with Crippen molar-refractivity contribution < 1.29 is 33.7 Å². The summed E-state index contributed by atoms with van der Waals surface area (Å²) in [6, 6.07) is 2.54. The topological polar surface area (TPSA) is 196 Å². The Morgan fingerprint density at radius 3 is 2.82 bits per heavy atom. The minimum Gasteiger partial charge on any atom is -0.543 e. The number of fused-ring (bicyclic) bond motifs is 2. The number of nitrogens with one attached hydrogen (secondary N) is 2. The summed E-state index contributed by atoms with van der Waals surface area (Å²) >= 11 is 3.67. The van der Waals surface area contributed by atoms with Crippen LogP contribution in [0.25, 0.3) is 10.3 Å². The molecule has 5 rings (SSSR count). The molecule has 4 N–H and O–H groups in total. The van der Waals surface area contributed by atoms with Gasteiger partial charge >= 0.3 is 0 Å². The van der Waals surface area contributed by atoms with Crippen LogP contribution >= 0.6 is 34.4 Å². The second kappa shape index (κ2) is 10.6. The van der Waals surface area contributed by atoms with Crippen LogP contribution in [0.5, 0.6) is 0 Å². The molecule has 0 aliphatic carbocycles. The van der Waals surface area contributed by atoms with Crippen molar-refractivity contribution in [2.45, 2.75) is 24.9 Å². The first-order valence-corrected chi connectivity index (χ1v) is 14.0. The van der Waals surface area contributed by atoms with Gasteiger partial charge in [0, 0.05) is 29.7 Å². The zero-order chi connectivity index (χ0) is 27.8. The molecule has 14 nitrogen and oxygen atoms in total. The molecule has 2 aliphatic heterocycles. The van der Waals surface area contributed by atoms with Crippen LogP contribution in [0, 0.1) is 0 Å². The molecule has 3 amide bonds. The van der Waals surface area contributed by atoms with E-state index in [1.807, 2.05) is 0 Å². The largest absolute Gasteiger partial charge is 0.543 e. The molecule has 17 heteroatoms. The van der Waals surface area contributed by atoms with Gasteiger partial charge < -0.3 is 31.1 Å². The summed E-state index contributed by atoms with van der Waals surface area (Å²) in [6.45, 7) is 1.53. The molecule has 1 fully saturated rings. The van der Waals surface area contributed by atoms with Gasteiger partial charge in [0.1, 0.15) is 29.7 Å². The van der Waals surface area contributed by atoms with Gasteiger partial charge in [-0.15, -0.1) is 23.1 Å². The van der Waals surface area contributed by atoms with Crippen LogP contribution in [0.15, 0.2) is 40.1 Å². The first kappa shape index (κ1) is 26.5. The lowest BCUT2D eigenvalue weighted by Crippen LogP contribution is -2.71. The maximum Gasteiger partial charge on any atom is 0.291 e. The molecule has 3 aromatic heterocycles. The van der Waals surface area contributed by atoms with E-state index in [0.29, 0.717) is 21.1 Å². The number of aliphatic carboxylic acids is 1. The van der Waals surface area contributed by atoms with E-state index >= 15 is 0 Å². The van der Waals surface area contributed by atoms with Gasteiger partial charge in [-0.05, 0) is 17.4 Å². The van der Waals surface area contributed by atoms with E-state index in [2.05, 4.69) is 25.8 Å². The van der Waals surface area contributed by atoms with Crippen LogP contribution in [0.3, 0.4) is 0 Å². The average molecular weight is 589 g/mol. The fourth-order valence-corrected chi connectivity index (χ4v) is 7.04. The van der Waals surface area contributed by atoms with Gasteiger partial charge in [-0.1, -0.05) is 5.16 Å². The molecule has 0 saturated carbocycles. The zero-order valence-electron chi connectivity index (χ0n) is 20.4. The number of aromatic nitrogens is 3. The third-order valence-corrected chi connectivity index (χ3v) is 8.79. The van der Waals surface area contributed by atoms with Gasteiger partial charge in [0.05, 0.1) is 11.7 Å². The fourth-order valence-electron chi connectivity index (χ4n) is 4.17. The quantitative estimate of drug-likeness (QED) is 0.128. The van der Waals surface area contributed by atoms with Crippen molar-refractivity contribution >= 4 is 84.4 Å². The van der Waals surface area contributed by atoms with Crippen molar-refractivity contribution in [3.8, 4) is 0 Å². The Bertz CT molecular complexity index is 1580. The number of anilines is 2. The number of nitrogens with two attached hydrogens (primary N) is 1. The number of thiazole rings is 2. The van der Waals surface area contributed by atoms with E-state index in [0.717, 1.165) is 16.2 Å². The summed E-state index contributed by atoms with van der Waals surface area (Å²) in [5, 5.41) is 22.7. The number of carboxylic acid groups (broad SMARTS) is 1. The summed E-state index contributed by atoms with van der Waals surface area (Å²) < 4.78 is 1.80. The van der Waals surface area contributed by atoms with Crippen LogP contribution in [0.2, 0.25) is 0 Å². The monoisotopic (exact) mass is 588 g/mol. The van der Waals surface area contributed by atoms with Gasteiger partial charge in [0.15, 0.2) is 28.7 Å². The number of carboxylic acids is 1. The van der Waals surface area contributed by atoms with Crippen LogP contribution in [0.1, 0.15) is 12.6 Å². The number of nitrogens with zero attached hydrogens (tertiary/aromatic N) is 5. The zero-order valence-corrected chi connectivity index (χ0v) is 22.8. The summed E-state index contributed by atoms with van der Waals surface area (Å²) in [5.74, 6) is -2.80. The molecule has 1 unspecified atom stereocenters. The predicted molar refractivity (Wildman–Crippen MR) is 141 cm³/mol. The molecule has 2 aliphatic rings. The second-order valence-electron chi connectivity index (χ2n) is 8.32. The molecule has 2 atom stereocenters. The van der Waals surface area contributed by atoms with Crippen molar-refractivity contribution in [2.24, 2.45) is 5.16 Å². The lowest BCUT2D eigenvalue weighted by Gasteiger charge is -2.50.